The topological polar surface area (TPSA) is 177 Å². The average molecular weight is 473 g/mol. The molecule has 2 aliphatic rings. The van der Waals surface area contributed by atoms with Gasteiger partial charge in [-0.2, -0.15) is 4.99 Å². The van der Waals surface area contributed by atoms with E-state index >= 15 is 0 Å². The predicted molar refractivity (Wildman–Crippen MR) is 121 cm³/mol. The average Bonchev–Trinajstić information content (AvgIpc) is 3.23. The van der Waals surface area contributed by atoms with Crippen molar-refractivity contribution in [2.24, 2.45) is 22.4 Å². The Morgan fingerprint density at radius 1 is 1.09 bits per heavy atom. The Labute approximate surface area is 189 Å². The first-order chi connectivity index (χ1) is 15.1. The number of carbonyl (C=O) groups excluding carboxylic acids is 3. The molecule has 11 nitrogen and oxygen atoms in total. The number of amides is 3. The molecule has 12 heteroatoms. The van der Waals surface area contributed by atoms with Crippen LogP contribution in [0.3, 0.4) is 0 Å². The van der Waals surface area contributed by atoms with Gasteiger partial charge in [-0.15, -0.1) is 0 Å². The number of hydrogen-bond acceptors (Lipinski definition) is 5. The van der Waals surface area contributed by atoms with Gasteiger partial charge < -0.3 is 21.7 Å². The van der Waals surface area contributed by atoms with Crippen LogP contribution in [0.1, 0.15) is 64.7 Å². The van der Waals surface area contributed by atoms with Gasteiger partial charge in [0.15, 0.2) is 5.96 Å². The molecule has 1 saturated carbocycles. The highest BCUT2D eigenvalue weighted by Crippen LogP contribution is 2.29. The third-order valence-electron chi connectivity index (χ3n) is 6.02. The minimum absolute atomic E-state index is 0.0426. The Kier molecular flexibility index (Phi) is 9.88. The molecule has 2 rings (SSSR count). The minimum atomic E-state index is -3.58. The summed E-state index contributed by atoms with van der Waals surface area (Å²) in [5.41, 5.74) is 10.3. The first-order valence-electron chi connectivity index (χ1n) is 11.3. The van der Waals surface area contributed by atoms with Gasteiger partial charge in [-0.1, -0.05) is 32.1 Å². The van der Waals surface area contributed by atoms with Crippen molar-refractivity contribution in [3.63, 3.8) is 0 Å². The van der Waals surface area contributed by atoms with Crippen molar-refractivity contribution in [2.75, 3.05) is 18.8 Å². The van der Waals surface area contributed by atoms with E-state index in [1.807, 2.05) is 0 Å². The van der Waals surface area contributed by atoms with Gasteiger partial charge in [-0.05, 0) is 32.1 Å². The van der Waals surface area contributed by atoms with Crippen molar-refractivity contribution >= 4 is 33.7 Å². The number of likely N-dealkylation sites (tertiary alicyclic amines) is 1. The minimum Gasteiger partial charge on any atom is -0.370 e. The molecule has 1 aliphatic carbocycles. The Balaban J connectivity index is 2.03. The zero-order valence-electron chi connectivity index (χ0n) is 18.7. The van der Waals surface area contributed by atoms with E-state index in [1.54, 1.807) is 0 Å². The number of guanidine groups is 1. The van der Waals surface area contributed by atoms with Gasteiger partial charge in [-0.25, -0.2) is 13.1 Å². The van der Waals surface area contributed by atoms with Crippen LogP contribution in [0.25, 0.3) is 0 Å². The Bertz CT molecular complexity index is 805. The van der Waals surface area contributed by atoms with Crippen molar-refractivity contribution in [1.82, 2.24) is 14.9 Å². The second kappa shape index (κ2) is 12.1. The molecule has 0 aromatic rings. The van der Waals surface area contributed by atoms with E-state index in [4.69, 9.17) is 11.5 Å². The second-order valence-electron chi connectivity index (χ2n) is 8.47. The molecular weight excluding hydrogens is 436 g/mol. The fourth-order valence-electron chi connectivity index (χ4n) is 4.37. The van der Waals surface area contributed by atoms with Crippen LogP contribution in [-0.2, 0) is 24.4 Å². The largest absolute Gasteiger partial charge is 0.370 e. The molecule has 182 valence electrons. The summed E-state index contributed by atoms with van der Waals surface area (Å²) >= 11 is 0. The van der Waals surface area contributed by atoms with Crippen molar-refractivity contribution in [3.8, 4) is 0 Å². The molecule has 0 unspecified atom stereocenters. The first-order valence-corrected chi connectivity index (χ1v) is 13.0. The highest BCUT2D eigenvalue weighted by molar-refractivity contribution is 7.89. The summed E-state index contributed by atoms with van der Waals surface area (Å²) < 4.78 is 27.1. The number of nitrogens with two attached hydrogens (primary N) is 2. The highest BCUT2D eigenvalue weighted by atomic mass is 32.2. The lowest BCUT2D eigenvalue weighted by atomic mass is 9.84. The molecule has 6 N–H and O–H groups in total. The third-order valence-corrected chi connectivity index (χ3v) is 7.43. The van der Waals surface area contributed by atoms with E-state index < -0.39 is 28.0 Å². The van der Waals surface area contributed by atoms with Crippen LogP contribution in [0, 0.1) is 5.92 Å². The predicted octanol–water partition coefficient (Wildman–Crippen LogP) is -0.438. The summed E-state index contributed by atoms with van der Waals surface area (Å²) in [6.07, 6.45) is 6.79. The van der Waals surface area contributed by atoms with E-state index in [0.717, 1.165) is 32.1 Å². The lowest BCUT2D eigenvalue weighted by Gasteiger charge is -2.31. The number of aliphatic imine (C=N–C) groups is 1. The molecule has 0 spiro atoms. The SMILES string of the molecule is CCS(=O)(=O)N[C@H](CC1CCCCC1)C(=O)N1CCC[C@H]1C(=O)NCCC(=O)N=C(N)N. The summed E-state index contributed by atoms with van der Waals surface area (Å²) in [6, 6.07) is -1.57. The van der Waals surface area contributed by atoms with E-state index in [9.17, 15) is 22.8 Å². The van der Waals surface area contributed by atoms with Crippen molar-refractivity contribution in [2.45, 2.75) is 76.8 Å². The molecule has 1 heterocycles. The Morgan fingerprint density at radius 2 is 1.78 bits per heavy atom. The van der Waals surface area contributed by atoms with Crippen LogP contribution in [0.4, 0.5) is 0 Å². The van der Waals surface area contributed by atoms with Crippen molar-refractivity contribution in [3.05, 3.63) is 0 Å². The molecule has 1 saturated heterocycles. The van der Waals surface area contributed by atoms with Gasteiger partial charge in [-0.3, -0.25) is 14.4 Å². The molecule has 0 aromatic heterocycles. The maximum absolute atomic E-state index is 13.4. The molecule has 2 fully saturated rings. The lowest BCUT2D eigenvalue weighted by Crippen LogP contribution is -2.54. The molecule has 3 amide bonds. The summed E-state index contributed by atoms with van der Waals surface area (Å²) in [6.45, 7) is 1.96. The second-order valence-corrected chi connectivity index (χ2v) is 10.5. The normalized spacial score (nSPS) is 20.5. The van der Waals surface area contributed by atoms with Crippen molar-refractivity contribution in [1.29, 1.82) is 0 Å². The number of sulfonamides is 1. The van der Waals surface area contributed by atoms with E-state index in [0.29, 0.717) is 25.8 Å². The smallest absolute Gasteiger partial charge is 0.250 e. The molecule has 0 bridgehead atoms. The van der Waals surface area contributed by atoms with E-state index in [-0.39, 0.29) is 42.4 Å². The Morgan fingerprint density at radius 3 is 2.41 bits per heavy atom. The van der Waals surface area contributed by atoms with Crippen LogP contribution in [0.2, 0.25) is 0 Å². The van der Waals surface area contributed by atoms with Gasteiger partial charge >= 0.3 is 0 Å². The number of carbonyl (C=O) groups is 3. The summed E-state index contributed by atoms with van der Waals surface area (Å²) in [5.74, 6) is -1.45. The molecule has 0 radical (unpaired) electrons. The van der Waals surface area contributed by atoms with E-state index in [2.05, 4.69) is 15.0 Å². The Hall–Kier alpha value is -2.21. The number of nitrogens with one attached hydrogen (secondary N) is 2. The van der Waals surface area contributed by atoms with E-state index in [1.165, 1.54) is 11.8 Å². The molecular formula is C20H36N6O5S. The van der Waals surface area contributed by atoms with Gasteiger partial charge in [0.2, 0.25) is 21.8 Å². The first kappa shape index (κ1) is 26.0. The maximum Gasteiger partial charge on any atom is 0.250 e. The van der Waals surface area contributed by atoms with Gasteiger partial charge in [0.1, 0.15) is 12.1 Å². The number of rotatable bonds is 10. The quantitative estimate of drug-likeness (QED) is 0.246. The molecule has 2 atom stereocenters. The molecule has 32 heavy (non-hydrogen) atoms. The highest BCUT2D eigenvalue weighted by Gasteiger charge is 2.39. The molecule has 1 aliphatic heterocycles. The monoisotopic (exact) mass is 472 g/mol. The fraction of sp³-hybridized carbons (Fsp3) is 0.800. The summed E-state index contributed by atoms with van der Waals surface area (Å²) in [7, 11) is -3.58. The zero-order chi connectivity index (χ0) is 23.7. The zero-order valence-corrected chi connectivity index (χ0v) is 19.5. The van der Waals surface area contributed by atoms with Crippen LogP contribution in [0.5, 0.6) is 0 Å². The van der Waals surface area contributed by atoms with Gasteiger partial charge in [0, 0.05) is 19.5 Å². The van der Waals surface area contributed by atoms with Crippen LogP contribution < -0.4 is 21.5 Å². The van der Waals surface area contributed by atoms with Crippen LogP contribution in [-0.4, -0.2) is 67.9 Å². The van der Waals surface area contributed by atoms with Gasteiger partial charge in [0.25, 0.3) is 5.91 Å². The van der Waals surface area contributed by atoms with Gasteiger partial charge in [0.05, 0.1) is 5.75 Å². The van der Waals surface area contributed by atoms with Crippen LogP contribution >= 0.6 is 0 Å². The summed E-state index contributed by atoms with van der Waals surface area (Å²) in [5, 5.41) is 2.65. The summed E-state index contributed by atoms with van der Waals surface area (Å²) in [4.78, 5) is 42.4. The van der Waals surface area contributed by atoms with Crippen LogP contribution in [0.15, 0.2) is 4.99 Å². The fourth-order valence-corrected chi connectivity index (χ4v) is 5.17. The number of nitrogens with zero attached hydrogens (tertiary/aromatic N) is 2. The third kappa shape index (κ3) is 8.05. The molecule has 0 aromatic carbocycles. The van der Waals surface area contributed by atoms with Crippen molar-refractivity contribution < 1.29 is 22.8 Å². The lowest BCUT2D eigenvalue weighted by molar-refractivity contribution is -0.140. The number of hydrogen-bond donors (Lipinski definition) is 4. The standard InChI is InChI=1S/C20H36N6O5S/c1-2-32(30,31)25-15(13-14-7-4-3-5-8-14)19(29)26-12-6-9-16(26)18(28)23-11-10-17(27)24-20(21)22/h14-16,25H,2-13H2,1H3,(H,23,28)(H4,21,22,24,27)/t15-,16+/m1/s1. The maximum atomic E-state index is 13.4.